The van der Waals surface area contributed by atoms with Gasteiger partial charge in [0, 0.05) is 34.8 Å². The first-order valence-electron chi connectivity index (χ1n) is 8.77. The Morgan fingerprint density at radius 3 is 2.64 bits per heavy atom. The van der Waals surface area contributed by atoms with Crippen molar-refractivity contribution < 1.29 is 9.47 Å². The lowest BCUT2D eigenvalue weighted by atomic mass is 9.89. The Kier molecular flexibility index (Phi) is 3.93. The lowest BCUT2D eigenvalue weighted by Crippen LogP contribution is -2.59. The first kappa shape index (κ1) is 15.9. The molecular formula is C19H21ClN2O2S. The van der Waals surface area contributed by atoms with E-state index in [1.54, 1.807) is 11.3 Å². The Morgan fingerprint density at radius 1 is 1.12 bits per heavy atom. The average Bonchev–Trinajstić information content (AvgIpc) is 3.21. The number of benzene rings is 1. The summed E-state index contributed by atoms with van der Waals surface area (Å²) in [6.07, 6.45) is 2.13. The molecule has 0 saturated carbocycles. The zero-order valence-corrected chi connectivity index (χ0v) is 15.7. The highest BCUT2D eigenvalue weighted by Gasteiger charge is 2.44. The fraction of sp³-hybridized carbons (Fsp3) is 0.474. The zero-order chi connectivity index (χ0) is 17.0. The zero-order valence-electron chi connectivity index (χ0n) is 14.1. The van der Waals surface area contributed by atoms with Gasteiger partial charge in [0.25, 0.3) is 0 Å². The molecule has 25 heavy (non-hydrogen) atoms. The summed E-state index contributed by atoms with van der Waals surface area (Å²) in [6.45, 7) is 1.66. The molecule has 1 aromatic heterocycles. The lowest BCUT2D eigenvalue weighted by Gasteiger charge is -2.49. The molecule has 0 N–H and O–H groups in total. The van der Waals surface area contributed by atoms with Gasteiger partial charge in [-0.2, -0.15) is 11.3 Å². The second-order valence-corrected chi connectivity index (χ2v) is 8.40. The maximum atomic E-state index is 6.35. The van der Waals surface area contributed by atoms with E-state index in [1.165, 1.54) is 5.56 Å². The topological polar surface area (TPSA) is 24.9 Å². The van der Waals surface area contributed by atoms with Crippen molar-refractivity contribution in [3.05, 3.63) is 45.6 Å². The van der Waals surface area contributed by atoms with Crippen molar-refractivity contribution in [3.8, 4) is 5.75 Å². The number of likely N-dealkylation sites (N-methyl/N-ethyl adjacent to an activating group) is 1. The van der Waals surface area contributed by atoms with E-state index < -0.39 is 0 Å². The van der Waals surface area contributed by atoms with E-state index in [0.717, 1.165) is 42.5 Å². The molecule has 2 bridgehead atoms. The minimum atomic E-state index is -0.0604. The molecule has 3 aliphatic rings. The molecule has 6 heteroatoms. The number of hydrogen-bond donors (Lipinski definition) is 0. The number of rotatable bonds is 2. The molecule has 2 aromatic rings. The van der Waals surface area contributed by atoms with Crippen LogP contribution in [-0.2, 0) is 4.74 Å². The van der Waals surface area contributed by atoms with E-state index in [-0.39, 0.29) is 6.23 Å². The van der Waals surface area contributed by atoms with Crippen molar-refractivity contribution in [2.75, 3.05) is 25.2 Å². The highest BCUT2D eigenvalue weighted by molar-refractivity contribution is 7.08. The van der Waals surface area contributed by atoms with Gasteiger partial charge in [-0.25, -0.2) is 0 Å². The van der Waals surface area contributed by atoms with Crippen LogP contribution in [0.4, 0.5) is 5.69 Å². The summed E-state index contributed by atoms with van der Waals surface area (Å²) in [5.41, 5.74) is 2.38. The molecule has 3 unspecified atom stereocenters. The summed E-state index contributed by atoms with van der Waals surface area (Å²) in [4.78, 5) is 4.98. The maximum absolute atomic E-state index is 6.35. The van der Waals surface area contributed by atoms with E-state index in [9.17, 15) is 0 Å². The van der Waals surface area contributed by atoms with Crippen LogP contribution in [0.1, 0.15) is 24.6 Å². The smallest absolute Gasteiger partial charge is 0.200 e. The quantitative estimate of drug-likeness (QED) is 0.785. The molecule has 2 fully saturated rings. The van der Waals surface area contributed by atoms with Crippen LogP contribution < -0.4 is 9.64 Å². The van der Waals surface area contributed by atoms with Crippen molar-refractivity contribution in [2.45, 2.75) is 37.2 Å². The van der Waals surface area contributed by atoms with Gasteiger partial charge in [-0.05, 0) is 48.8 Å². The summed E-state index contributed by atoms with van der Waals surface area (Å²) in [5.74, 6) is 0.893. The SMILES string of the molecule is CN1C2COCC1CC(N1c3ccc(Cl)cc3OC1c1ccsc1)C2. The van der Waals surface area contributed by atoms with Crippen molar-refractivity contribution >= 4 is 28.6 Å². The second-order valence-electron chi connectivity index (χ2n) is 7.18. The number of fused-ring (bicyclic) bond motifs is 3. The third-order valence-electron chi connectivity index (χ3n) is 5.77. The molecule has 0 spiro atoms. The fourth-order valence-electron chi connectivity index (χ4n) is 4.42. The first-order chi connectivity index (χ1) is 12.2. The molecule has 132 valence electrons. The molecule has 4 heterocycles. The summed E-state index contributed by atoms with van der Waals surface area (Å²) >= 11 is 7.92. The number of halogens is 1. The van der Waals surface area contributed by atoms with Gasteiger partial charge in [0.15, 0.2) is 6.23 Å². The third-order valence-corrected chi connectivity index (χ3v) is 6.71. The van der Waals surface area contributed by atoms with Gasteiger partial charge >= 0.3 is 0 Å². The van der Waals surface area contributed by atoms with Crippen molar-refractivity contribution in [1.82, 2.24) is 4.90 Å². The van der Waals surface area contributed by atoms with Gasteiger partial charge in [0.1, 0.15) is 5.75 Å². The highest BCUT2D eigenvalue weighted by Crippen LogP contribution is 2.48. The maximum Gasteiger partial charge on any atom is 0.200 e. The molecular weight excluding hydrogens is 356 g/mol. The standard InChI is InChI=1S/C19H21ClN2O2S/c1-21-15-7-14(8-16(21)10-23-9-15)22-17-3-2-13(20)6-18(17)24-19(22)12-4-5-25-11-12/h2-6,11,14-16,19H,7-10H2,1H3. The Morgan fingerprint density at radius 2 is 1.92 bits per heavy atom. The minimum Gasteiger partial charge on any atom is -0.464 e. The molecule has 5 rings (SSSR count). The summed E-state index contributed by atoms with van der Waals surface area (Å²) in [5, 5.41) is 5.02. The Balaban J connectivity index is 1.52. The normalized spacial score (nSPS) is 31.7. The van der Waals surface area contributed by atoms with E-state index >= 15 is 0 Å². The molecule has 3 aliphatic heterocycles. The highest BCUT2D eigenvalue weighted by atomic mass is 35.5. The van der Waals surface area contributed by atoms with E-state index in [1.807, 2.05) is 12.1 Å². The van der Waals surface area contributed by atoms with Crippen LogP contribution in [0.2, 0.25) is 5.02 Å². The predicted octanol–water partition coefficient (Wildman–Crippen LogP) is 4.16. The molecule has 0 amide bonds. The van der Waals surface area contributed by atoms with Crippen LogP contribution in [0.15, 0.2) is 35.0 Å². The third kappa shape index (κ3) is 2.65. The van der Waals surface area contributed by atoms with Crippen LogP contribution in [0.25, 0.3) is 0 Å². The second kappa shape index (κ2) is 6.16. The van der Waals surface area contributed by atoms with Crippen LogP contribution >= 0.6 is 22.9 Å². The van der Waals surface area contributed by atoms with E-state index in [0.29, 0.717) is 18.1 Å². The molecule has 0 aliphatic carbocycles. The number of anilines is 1. The molecule has 1 aromatic carbocycles. The Bertz CT molecular complexity index is 755. The molecule has 0 radical (unpaired) electrons. The predicted molar refractivity (Wildman–Crippen MR) is 101 cm³/mol. The van der Waals surface area contributed by atoms with E-state index in [4.69, 9.17) is 21.1 Å². The van der Waals surface area contributed by atoms with Gasteiger partial charge in [-0.3, -0.25) is 4.90 Å². The largest absolute Gasteiger partial charge is 0.464 e. The summed E-state index contributed by atoms with van der Waals surface area (Å²) < 4.78 is 12.1. The van der Waals surface area contributed by atoms with Crippen molar-refractivity contribution in [1.29, 1.82) is 0 Å². The van der Waals surface area contributed by atoms with Crippen molar-refractivity contribution in [2.24, 2.45) is 0 Å². The Labute approximate surface area is 156 Å². The summed E-state index contributed by atoms with van der Waals surface area (Å²) in [6, 6.07) is 9.58. The fourth-order valence-corrected chi connectivity index (χ4v) is 5.25. The van der Waals surface area contributed by atoms with Gasteiger partial charge in [-0.15, -0.1) is 0 Å². The number of piperidine rings is 1. The number of morpholine rings is 1. The van der Waals surface area contributed by atoms with Gasteiger partial charge in [0.2, 0.25) is 0 Å². The van der Waals surface area contributed by atoms with Crippen molar-refractivity contribution in [3.63, 3.8) is 0 Å². The number of hydrogen-bond acceptors (Lipinski definition) is 5. The molecule has 4 nitrogen and oxygen atoms in total. The van der Waals surface area contributed by atoms with Gasteiger partial charge in [0.05, 0.1) is 18.9 Å². The minimum absolute atomic E-state index is 0.0604. The van der Waals surface area contributed by atoms with Crippen LogP contribution in [0, 0.1) is 0 Å². The average molecular weight is 377 g/mol. The number of thiophene rings is 1. The lowest BCUT2D eigenvalue weighted by molar-refractivity contribution is -0.0668. The number of ether oxygens (including phenoxy) is 2. The monoisotopic (exact) mass is 376 g/mol. The van der Waals surface area contributed by atoms with Crippen LogP contribution in [0.3, 0.4) is 0 Å². The number of nitrogens with zero attached hydrogens (tertiary/aromatic N) is 2. The molecule has 3 atom stereocenters. The Hall–Kier alpha value is -1.27. The first-order valence-corrected chi connectivity index (χ1v) is 10.1. The van der Waals surface area contributed by atoms with E-state index in [2.05, 4.69) is 39.7 Å². The summed E-state index contributed by atoms with van der Waals surface area (Å²) in [7, 11) is 2.23. The van der Waals surface area contributed by atoms with Gasteiger partial charge in [-0.1, -0.05) is 11.6 Å². The van der Waals surface area contributed by atoms with Crippen LogP contribution in [-0.4, -0.2) is 43.3 Å². The van der Waals surface area contributed by atoms with Crippen LogP contribution in [0.5, 0.6) is 5.75 Å². The van der Waals surface area contributed by atoms with Gasteiger partial charge < -0.3 is 14.4 Å². The molecule has 2 saturated heterocycles.